The fourth-order valence-corrected chi connectivity index (χ4v) is 2.20. The molecule has 0 saturated carbocycles. The third kappa shape index (κ3) is 3.57. The Bertz CT molecular complexity index is 840. The number of pyridine rings is 1. The Morgan fingerprint density at radius 3 is 2.71 bits per heavy atom. The van der Waals surface area contributed by atoms with Crippen LogP contribution in [0.1, 0.15) is 10.5 Å². The maximum Gasteiger partial charge on any atom is 0.271 e. The van der Waals surface area contributed by atoms with Crippen molar-refractivity contribution in [3.8, 4) is 11.5 Å². The van der Waals surface area contributed by atoms with E-state index in [4.69, 9.17) is 9.47 Å². The number of carbonyl (C=O) groups is 1. The van der Waals surface area contributed by atoms with Crippen LogP contribution in [-0.2, 0) is 0 Å². The Morgan fingerprint density at radius 2 is 1.92 bits per heavy atom. The van der Waals surface area contributed by atoms with Crippen molar-refractivity contribution in [1.82, 2.24) is 20.3 Å². The van der Waals surface area contributed by atoms with E-state index in [1.54, 1.807) is 19.5 Å². The van der Waals surface area contributed by atoms with Crippen molar-refractivity contribution in [2.75, 3.05) is 20.3 Å². The lowest BCUT2D eigenvalue weighted by Crippen LogP contribution is -2.28. The first-order chi connectivity index (χ1) is 11.8. The van der Waals surface area contributed by atoms with Gasteiger partial charge in [-0.25, -0.2) is 4.98 Å². The number of nitrogens with zero attached hydrogens (tertiary/aromatic N) is 3. The minimum Gasteiger partial charge on any atom is -0.493 e. The summed E-state index contributed by atoms with van der Waals surface area (Å²) in [5.74, 6) is 0.946. The van der Waals surface area contributed by atoms with Crippen LogP contribution in [-0.4, -0.2) is 41.1 Å². The highest BCUT2D eigenvalue weighted by molar-refractivity contribution is 5.91. The van der Waals surface area contributed by atoms with E-state index in [9.17, 15) is 4.79 Å². The maximum absolute atomic E-state index is 11.9. The molecule has 0 spiro atoms. The number of carbonyl (C=O) groups excluding carboxylic acids is 1. The van der Waals surface area contributed by atoms with Gasteiger partial charge in [0.15, 0.2) is 11.5 Å². The number of amides is 1. The number of fused-ring (bicyclic) bond motifs is 1. The quantitative estimate of drug-likeness (QED) is 0.696. The highest BCUT2D eigenvalue weighted by Crippen LogP contribution is 2.31. The van der Waals surface area contributed by atoms with Gasteiger partial charge in [-0.05, 0) is 23.6 Å². The first-order valence-electron chi connectivity index (χ1n) is 7.36. The van der Waals surface area contributed by atoms with E-state index < -0.39 is 0 Å². The number of aromatic nitrogens is 3. The molecule has 7 nitrogen and oxygen atoms in total. The summed E-state index contributed by atoms with van der Waals surface area (Å²) in [5.41, 5.74) is 0.270. The van der Waals surface area contributed by atoms with Gasteiger partial charge in [-0.2, -0.15) is 0 Å². The first kappa shape index (κ1) is 15.7. The van der Waals surface area contributed by atoms with Crippen LogP contribution in [0.15, 0.2) is 49.2 Å². The van der Waals surface area contributed by atoms with Crippen molar-refractivity contribution in [3.63, 3.8) is 0 Å². The van der Waals surface area contributed by atoms with Crippen LogP contribution in [0, 0.1) is 0 Å². The number of nitrogens with one attached hydrogen (secondary N) is 1. The monoisotopic (exact) mass is 324 g/mol. The fourth-order valence-electron chi connectivity index (χ4n) is 2.20. The second-order valence-corrected chi connectivity index (χ2v) is 4.92. The van der Waals surface area contributed by atoms with E-state index in [0.29, 0.717) is 24.7 Å². The third-order valence-corrected chi connectivity index (χ3v) is 3.36. The third-order valence-electron chi connectivity index (χ3n) is 3.36. The lowest BCUT2D eigenvalue weighted by atomic mass is 10.1. The summed E-state index contributed by atoms with van der Waals surface area (Å²) in [4.78, 5) is 23.7. The molecule has 1 aromatic carbocycles. The highest BCUT2D eigenvalue weighted by Gasteiger charge is 2.09. The molecule has 1 N–H and O–H groups in total. The van der Waals surface area contributed by atoms with Crippen molar-refractivity contribution >= 4 is 16.7 Å². The van der Waals surface area contributed by atoms with Gasteiger partial charge in [-0.15, -0.1) is 0 Å². The summed E-state index contributed by atoms with van der Waals surface area (Å²) >= 11 is 0. The molecule has 0 unspecified atom stereocenters. The number of hydrogen-bond acceptors (Lipinski definition) is 6. The molecule has 0 atom stereocenters. The SMILES string of the molecule is COc1cc2ccncc2cc1OCCNC(=O)c1cnccn1. The van der Waals surface area contributed by atoms with Gasteiger partial charge in [-0.1, -0.05) is 0 Å². The molecule has 0 saturated heterocycles. The minimum atomic E-state index is -0.290. The summed E-state index contributed by atoms with van der Waals surface area (Å²) < 4.78 is 11.1. The zero-order valence-corrected chi connectivity index (χ0v) is 13.1. The Kier molecular flexibility index (Phi) is 4.81. The maximum atomic E-state index is 11.9. The Labute approximate surface area is 138 Å². The second kappa shape index (κ2) is 7.36. The summed E-state index contributed by atoms with van der Waals surface area (Å²) in [6.45, 7) is 0.637. The molecule has 0 aliphatic carbocycles. The molecule has 2 heterocycles. The standard InChI is InChI=1S/C17H16N4O3/c1-23-15-8-12-2-3-18-10-13(12)9-16(15)24-7-6-21-17(22)14-11-19-4-5-20-14/h2-5,8-11H,6-7H2,1H3,(H,21,22). The second-order valence-electron chi connectivity index (χ2n) is 4.92. The number of benzene rings is 1. The van der Waals surface area contributed by atoms with Crippen LogP contribution in [0.25, 0.3) is 10.8 Å². The summed E-state index contributed by atoms with van der Waals surface area (Å²) in [5, 5.41) is 4.70. The number of methoxy groups -OCH3 is 1. The average molecular weight is 324 g/mol. The Balaban J connectivity index is 1.60. The van der Waals surface area contributed by atoms with Crippen molar-refractivity contribution in [1.29, 1.82) is 0 Å². The van der Waals surface area contributed by atoms with E-state index in [-0.39, 0.29) is 11.6 Å². The Morgan fingerprint density at radius 1 is 1.08 bits per heavy atom. The molecule has 0 aliphatic heterocycles. The Hall–Kier alpha value is -3.22. The largest absolute Gasteiger partial charge is 0.493 e. The van der Waals surface area contributed by atoms with Crippen LogP contribution in [0.4, 0.5) is 0 Å². The van der Waals surface area contributed by atoms with Crippen LogP contribution < -0.4 is 14.8 Å². The van der Waals surface area contributed by atoms with Gasteiger partial charge < -0.3 is 14.8 Å². The van der Waals surface area contributed by atoms with Crippen LogP contribution in [0.5, 0.6) is 11.5 Å². The van der Waals surface area contributed by atoms with Gasteiger partial charge in [0, 0.05) is 30.2 Å². The molecular weight excluding hydrogens is 308 g/mol. The van der Waals surface area contributed by atoms with Gasteiger partial charge in [0.05, 0.1) is 19.9 Å². The highest BCUT2D eigenvalue weighted by atomic mass is 16.5. The molecule has 24 heavy (non-hydrogen) atoms. The lowest BCUT2D eigenvalue weighted by Gasteiger charge is -2.12. The predicted molar refractivity (Wildman–Crippen MR) is 88.2 cm³/mol. The molecule has 122 valence electrons. The molecule has 3 rings (SSSR count). The van der Waals surface area contributed by atoms with Crippen molar-refractivity contribution in [3.05, 3.63) is 54.9 Å². The van der Waals surface area contributed by atoms with Crippen LogP contribution >= 0.6 is 0 Å². The number of ether oxygens (including phenoxy) is 2. The molecule has 0 fully saturated rings. The van der Waals surface area contributed by atoms with Gasteiger partial charge >= 0.3 is 0 Å². The number of rotatable bonds is 6. The molecule has 0 radical (unpaired) electrons. The van der Waals surface area contributed by atoms with Crippen LogP contribution in [0.2, 0.25) is 0 Å². The molecule has 1 amide bonds. The average Bonchev–Trinajstić information content (AvgIpc) is 2.65. The van der Waals surface area contributed by atoms with Crippen LogP contribution in [0.3, 0.4) is 0 Å². The predicted octanol–water partition coefficient (Wildman–Crippen LogP) is 1.84. The van der Waals surface area contributed by atoms with Gasteiger partial charge in [-0.3, -0.25) is 14.8 Å². The first-order valence-corrected chi connectivity index (χ1v) is 7.36. The van der Waals surface area contributed by atoms with E-state index in [2.05, 4.69) is 20.3 Å². The van der Waals surface area contributed by atoms with Crippen molar-refractivity contribution in [2.45, 2.75) is 0 Å². The molecule has 7 heteroatoms. The van der Waals surface area contributed by atoms with Gasteiger partial charge in [0.2, 0.25) is 0 Å². The summed E-state index contributed by atoms with van der Waals surface area (Å²) in [6, 6.07) is 5.67. The zero-order valence-electron chi connectivity index (χ0n) is 13.1. The van der Waals surface area contributed by atoms with Gasteiger partial charge in [0.1, 0.15) is 12.3 Å². The summed E-state index contributed by atoms with van der Waals surface area (Å²) in [7, 11) is 1.59. The fraction of sp³-hybridized carbons (Fsp3) is 0.176. The summed E-state index contributed by atoms with van der Waals surface area (Å²) in [6.07, 6.45) is 7.89. The van der Waals surface area contributed by atoms with E-state index >= 15 is 0 Å². The van der Waals surface area contributed by atoms with Crippen molar-refractivity contribution in [2.24, 2.45) is 0 Å². The normalized spacial score (nSPS) is 10.4. The van der Waals surface area contributed by atoms with Gasteiger partial charge in [0.25, 0.3) is 5.91 Å². The molecule has 0 bridgehead atoms. The molecule has 0 aliphatic rings. The van der Waals surface area contributed by atoms with E-state index in [0.717, 1.165) is 10.8 Å². The molecule has 3 aromatic rings. The van der Waals surface area contributed by atoms with E-state index in [1.807, 2.05) is 18.2 Å². The smallest absolute Gasteiger partial charge is 0.271 e. The van der Waals surface area contributed by atoms with Crippen molar-refractivity contribution < 1.29 is 14.3 Å². The van der Waals surface area contributed by atoms with E-state index in [1.165, 1.54) is 18.6 Å². The topological polar surface area (TPSA) is 86.2 Å². The zero-order chi connectivity index (χ0) is 16.8. The minimum absolute atomic E-state index is 0.270. The lowest BCUT2D eigenvalue weighted by molar-refractivity contribution is 0.0941. The molecular formula is C17H16N4O3. The number of hydrogen-bond donors (Lipinski definition) is 1. The molecule has 2 aromatic heterocycles.